The average Bonchev–Trinajstić information content (AvgIpc) is 2.41. The van der Waals surface area contributed by atoms with Crippen molar-refractivity contribution in [2.24, 2.45) is 0 Å². The van der Waals surface area contributed by atoms with E-state index in [1.165, 1.54) is 12.1 Å². The summed E-state index contributed by atoms with van der Waals surface area (Å²) in [5.41, 5.74) is -0.443. The number of hydrogen-bond acceptors (Lipinski definition) is 2. The van der Waals surface area contributed by atoms with Gasteiger partial charge in [0.1, 0.15) is 0 Å². The lowest BCUT2D eigenvalue weighted by Crippen LogP contribution is -2.39. The largest absolute Gasteiger partial charge is 0.418 e. The number of piperidine rings is 1. The van der Waals surface area contributed by atoms with E-state index in [1.54, 1.807) is 6.07 Å². The number of nitrogens with one attached hydrogen (secondary N) is 1. The van der Waals surface area contributed by atoms with Gasteiger partial charge < -0.3 is 5.32 Å². The van der Waals surface area contributed by atoms with Crippen molar-refractivity contribution in [2.45, 2.75) is 25.1 Å². The molecule has 0 radical (unpaired) electrons. The molecule has 0 unspecified atom stereocenters. The number of halogens is 3. The van der Waals surface area contributed by atoms with Crippen LogP contribution < -0.4 is 5.32 Å². The van der Waals surface area contributed by atoms with Crippen molar-refractivity contribution in [3.8, 4) is 12.3 Å². The lowest BCUT2D eigenvalue weighted by Gasteiger charge is -2.32. The standard InChI is InChI=1S/C15H17F3N2/c1-2-9-20-10-7-12(8-11-20)19-14-6-4-3-5-13(14)15(16,17)18/h1,3-6,12,19H,7-11H2. The van der Waals surface area contributed by atoms with E-state index in [4.69, 9.17) is 6.42 Å². The summed E-state index contributed by atoms with van der Waals surface area (Å²) in [6.45, 7) is 2.23. The maximum Gasteiger partial charge on any atom is 0.418 e. The molecule has 0 amide bonds. The monoisotopic (exact) mass is 282 g/mol. The lowest BCUT2D eigenvalue weighted by atomic mass is 10.0. The minimum Gasteiger partial charge on any atom is -0.382 e. The molecule has 0 aromatic heterocycles. The molecule has 5 heteroatoms. The lowest BCUT2D eigenvalue weighted by molar-refractivity contribution is -0.137. The highest BCUT2D eigenvalue weighted by molar-refractivity contribution is 5.53. The third-order valence-electron chi connectivity index (χ3n) is 3.49. The molecule has 1 aliphatic rings. The van der Waals surface area contributed by atoms with E-state index >= 15 is 0 Å². The van der Waals surface area contributed by atoms with Crippen LogP contribution in [0.5, 0.6) is 0 Å². The molecule has 0 saturated carbocycles. The summed E-state index contributed by atoms with van der Waals surface area (Å²) in [4.78, 5) is 2.13. The van der Waals surface area contributed by atoms with Gasteiger partial charge >= 0.3 is 6.18 Å². The predicted octanol–water partition coefficient (Wildman–Crippen LogP) is 3.21. The summed E-state index contributed by atoms with van der Waals surface area (Å²) in [7, 11) is 0. The first-order valence-electron chi connectivity index (χ1n) is 6.59. The van der Waals surface area contributed by atoms with E-state index in [2.05, 4.69) is 16.1 Å². The number of nitrogens with zero attached hydrogens (tertiary/aromatic N) is 1. The van der Waals surface area contributed by atoms with E-state index in [1.807, 2.05) is 0 Å². The molecule has 2 nitrogen and oxygen atoms in total. The first kappa shape index (κ1) is 14.7. The molecule has 1 aromatic rings. The van der Waals surface area contributed by atoms with E-state index in [9.17, 15) is 13.2 Å². The molecule has 1 aromatic carbocycles. The van der Waals surface area contributed by atoms with Crippen LogP contribution >= 0.6 is 0 Å². The molecule has 0 aliphatic carbocycles. The first-order chi connectivity index (χ1) is 9.50. The van der Waals surface area contributed by atoms with E-state index in [0.29, 0.717) is 6.54 Å². The quantitative estimate of drug-likeness (QED) is 0.856. The Kier molecular flexibility index (Phi) is 4.56. The number of hydrogen-bond donors (Lipinski definition) is 1. The van der Waals surface area contributed by atoms with Gasteiger partial charge in [-0.1, -0.05) is 18.1 Å². The number of likely N-dealkylation sites (tertiary alicyclic amines) is 1. The molecule has 1 saturated heterocycles. The highest BCUT2D eigenvalue weighted by Crippen LogP contribution is 2.35. The molecule has 0 atom stereocenters. The van der Waals surface area contributed by atoms with Gasteiger partial charge in [-0.3, -0.25) is 4.90 Å². The van der Waals surface area contributed by atoms with Crippen LogP contribution in [0.4, 0.5) is 18.9 Å². The Bertz CT molecular complexity index is 483. The Labute approximate surface area is 117 Å². The van der Waals surface area contributed by atoms with Crippen LogP contribution in [0.25, 0.3) is 0 Å². The zero-order valence-corrected chi connectivity index (χ0v) is 11.1. The number of anilines is 1. The third-order valence-corrected chi connectivity index (χ3v) is 3.49. The molecule has 108 valence electrons. The highest BCUT2D eigenvalue weighted by atomic mass is 19.4. The maximum absolute atomic E-state index is 12.9. The molecular weight excluding hydrogens is 265 g/mol. The Balaban J connectivity index is 2.00. The SMILES string of the molecule is C#CCN1CCC(Nc2ccccc2C(F)(F)F)CC1. The van der Waals surface area contributed by atoms with Crippen molar-refractivity contribution in [1.29, 1.82) is 0 Å². The summed E-state index contributed by atoms with van der Waals surface area (Å²) in [6.07, 6.45) is 2.53. The predicted molar refractivity (Wildman–Crippen MR) is 73.4 cm³/mol. The van der Waals surface area contributed by atoms with Crippen LogP contribution in [0.3, 0.4) is 0 Å². The van der Waals surface area contributed by atoms with Gasteiger partial charge in [0.05, 0.1) is 12.1 Å². The van der Waals surface area contributed by atoms with Crippen LogP contribution in [0.15, 0.2) is 24.3 Å². The second kappa shape index (κ2) is 6.19. The number of para-hydroxylation sites is 1. The van der Waals surface area contributed by atoms with Crippen molar-refractivity contribution in [3.63, 3.8) is 0 Å². The van der Waals surface area contributed by atoms with Gasteiger partial charge in [0.2, 0.25) is 0 Å². The van der Waals surface area contributed by atoms with Crippen LogP contribution in [0.2, 0.25) is 0 Å². The third kappa shape index (κ3) is 3.67. The maximum atomic E-state index is 12.9. The van der Waals surface area contributed by atoms with Crippen LogP contribution in [-0.4, -0.2) is 30.6 Å². The Morgan fingerprint density at radius 2 is 1.90 bits per heavy atom. The summed E-state index contributed by atoms with van der Waals surface area (Å²) >= 11 is 0. The Morgan fingerprint density at radius 1 is 1.25 bits per heavy atom. The Hall–Kier alpha value is -1.67. The fraction of sp³-hybridized carbons (Fsp3) is 0.467. The smallest absolute Gasteiger partial charge is 0.382 e. The zero-order chi connectivity index (χ0) is 14.6. The number of benzene rings is 1. The minimum absolute atomic E-state index is 0.0625. The van der Waals surface area contributed by atoms with E-state index in [0.717, 1.165) is 32.0 Å². The van der Waals surface area contributed by atoms with Crippen molar-refractivity contribution < 1.29 is 13.2 Å². The molecule has 2 rings (SSSR count). The minimum atomic E-state index is -4.33. The van der Waals surface area contributed by atoms with E-state index < -0.39 is 11.7 Å². The number of alkyl halides is 3. The molecule has 1 fully saturated rings. The molecule has 0 spiro atoms. The summed E-state index contributed by atoms with van der Waals surface area (Å²) in [5, 5.41) is 3.02. The van der Waals surface area contributed by atoms with Gasteiger partial charge in [0.15, 0.2) is 0 Å². The second-order valence-electron chi connectivity index (χ2n) is 4.94. The van der Waals surface area contributed by atoms with Gasteiger partial charge in [-0.15, -0.1) is 6.42 Å². The van der Waals surface area contributed by atoms with Crippen molar-refractivity contribution in [2.75, 3.05) is 25.0 Å². The molecule has 20 heavy (non-hydrogen) atoms. The molecular formula is C15H17F3N2. The molecule has 0 bridgehead atoms. The molecule has 1 aliphatic heterocycles. The first-order valence-corrected chi connectivity index (χ1v) is 6.59. The van der Waals surface area contributed by atoms with E-state index in [-0.39, 0.29) is 11.7 Å². The van der Waals surface area contributed by atoms with Gasteiger partial charge in [-0.25, -0.2) is 0 Å². The van der Waals surface area contributed by atoms with Crippen molar-refractivity contribution in [3.05, 3.63) is 29.8 Å². The second-order valence-corrected chi connectivity index (χ2v) is 4.94. The fourth-order valence-corrected chi connectivity index (χ4v) is 2.44. The zero-order valence-electron chi connectivity index (χ0n) is 11.1. The Morgan fingerprint density at radius 3 is 2.50 bits per heavy atom. The van der Waals surface area contributed by atoms with Crippen LogP contribution in [0.1, 0.15) is 18.4 Å². The van der Waals surface area contributed by atoms with Gasteiger partial charge in [-0.05, 0) is 25.0 Å². The van der Waals surface area contributed by atoms with Gasteiger partial charge in [0.25, 0.3) is 0 Å². The van der Waals surface area contributed by atoms with Crippen LogP contribution in [-0.2, 0) is 6.18 Å². The number of terminal acetylenes is 1. The summed E-state index contributed by atoms with van der Waals surface area (Å²) in [6, 6.07) is 5.67. The van der Waals surface area contributed by atoms with Crippen molar-refractivity contribution in [1.82, 2.24) is 4.90 Å². The molecule has 1 heterocycles. The van der Waals surface area contributed by atoms with Gasteiger partial charge in [0, 0.05) is 24.8 Å². The van der Waals surface area contributed by atoms with Crippen LogP contribution in [0, 0.1) is 12.3 Å². The highest BCUT2D eigenvalue weighted by Gasteiger charge is 2.33. The number of rotatable bonds is 3. The summed E-state index contributed by atoms with van der Waals surface area (Å²) < 4.78 is 38.7. The normalized spacial score (nSPS) is 17.7. The van der Waals surface area contributed by atoms with Gasteiger partial charge in [-0.2, -0.15) is 13.2 Å². The topological polar surface area (TPSA) is 15.3 Å². The van der Waals surface area contributed by atoms with Crippen molar-refractivity contribution >= 4 is 5.69 Å². The fourth-order valence-electron chi connectivity index (χ4n) is 2.44. The average molecular weight is 282 g/mol. The molecule has 1 N–H and O–H groups in total. The summed E-state index contributed by atoms with van der Waals surface area (Å²) in [5.74, 6) is 2.59.